The van der Waals surface area contributed by atoms with Crippen LogP contribution in [0.2, 0.25) is 0 Å². The predicted molar refractivity (Wildman–Crippen MR) is 65.9 cm³/mol. The summed E-state index contributed by atoms with van der Waals surface area (Å²) in [6.45, 7) is 2.30. The van der Waals surface area contributed by atoms with Crippen LogP contribution in [-0.2, 0) is 9.59 Å². The molecule has 0 saturated carbocycles. The van der Waals surface area contributed by atoms with Gasteiger partial charge in [-0.15, -0.1) is 0 Å². The molecule has 0 aliphatic rings. The van der Waals surface area contributed by atoms with Gasteiger partial charge in [-0.05, 0) is 13.3 Å². The highest BCUT2D eigenvalue weighted by Gasteiger charge is 2.22. The summed E-state index contributed by atoms with van der Waals surface area (Å²) < 4.78 is 0. The molecule has 0 aromatic carbocycles. The highest BCUT2D eigenvalue weighted by molar-refractivity contribution is 5.83. The number of primary amides is 1. The van der Waals surface area contributed by atoms with Crippen molar-refractivity contribution in [2.75, 3.05) is 13.1 Å². The summed E-state index contributed by atoms with van der Waals surface area (Å²) in [6, 6.07) is 0.160. The Morgan fingerprint density at radius 3 is 2.53 bits per heavy atom. The number of rotatable bonds is 8. The van der Waals surface area contributed by atoms with E-state index in [-0.39, 0.29) is 25.8 Å². The van der Waals surface area contributed by atoms with Gasteiger partial charge >= 0.3 is 12.0 Å². The van der Waals surface area contributed by atoms with Gasteiger partial charge in [0.2, 0.25) is 5.91 Å². The maximum atomic E-state index is 11.8. The molecule has 8 heteroatoms. The van der Waals surface area contributed by atoms with E-state index in [2.05, 4.69) is 5.32 Å². The first kappa shape index (κ1) is 16.7. The van der Waals surface area contributed by atoms with Crippen molar-refractivity contribution in [3.8, 4) is 6.07 Å². The van der Waals surface area contributed by atoms with Crippen molar-refractivity contribution in [3.05, 3.63) is 0 Å². The first-order chi connectivity index (χ1) is 8.92. The molecule has 0 fully saturated rings. The average Bonchev–Trinajstić information content (AvgIpc) is 2.34. The Morgan fingerprint density at radius 2 is 2.11 bits per heavy atom. The molecule has 0 heterocycles. The molecule has 0 aromatic rings. The van der Waals surface area contributed by atoms with E-state index < -0.39 is 23.9 Å². The Balaban J connectivity index is 4.47. The number of carboxylic acid groups (broad SMARTS) is 1. The second-order valence-electron chi connectivity index (χ2n) is 3.83. The van der Waals surface area contributed by atoms with Gasteiger partial charge in [0, 0.05) is 19.5 Å². The zero-order valence-electron chi connectivity index (χ0n) is 10.8. The summed E-state index contributed by atoms with van der Waals surface area (Å²) in [5.74, 6) is -1.86. The van der Waals surface area contributed by atoms with Gasteiger partial charge in [-0.1, -0.05) is 0 Å². The number of amides is 3. The van der Waals surface area contributed by atoms with Crippen molar-refractivity contribution < 1.29 is 19.5 Å². The molecule has 0 aliphatic carbocycles. The molecule has 106 valence electrons. The molecular formula is C11H18N4O4. The number of hydrogen-bond donors (Lipinski definition) is 3. The second kappa shape index (κ2) is 8.74. The van der Waals surface area contributed by atoms with Crippen molar-refractivity contribution in [2.45, 2.75) is 32.2 Å². The highest BCUT2D eigenvalue weighted by atomic mass is 16.4. The van der Waals surface area contributed by atoms with E-state index in [0.717, 1.165) is 0 Å². The number of hydrogen-bond acceptors (Lipinski definition) is 4. The number of urea groups is 1. The summed E-state index contributed by atoms with van der Waals surface area (Å²) in [4.78, 5) is 34.6. The first-order valence-electron chi connectivity index (χ1n) is 5.85. The minimum absolute atomic E-state index is 0.0633. The third-order valence-electron chi connectivity index (χ3n) is 2.44. The number of nitrogens with one attached hydrogen (secondary N) is 1. The fraction of sp³-hybridized carbons (Fsp3) is 0.636. The molecule has 19 heavy (non-hydrogen) atoms. The fourth-order valence-electron chi connectivity index (χ4n) is 1.37. The minimum atomic E-state index is -1.23. The first-order valence-corrected chi connectivity index (χ1v) is 5.85. The van der Waals surface area contributed by atoms with Crippen molar-refractivity contribution in [2.24, 2.45) is 5.73 Å². The summed E-state index contributed by atoms with van der Waals surface area (Å²) >= 11 is 0. The van der Waals surface area contributed by atoms with Crippen molar-refractivity contribution in [3.63, 3.8) is 0 Å². The zero-order chi connectivity index (χ0) is 14.8. The third-order valence-corrected chi connectivity index (χ3v) is 2.44. The number of aliphatic carboxylic acids is 1. The molecule has 0 unspecified atom stereocenters. The lowest BCUT2D eigenvalue weighted by Crippen LogP contribution is -2.48. The van der Waals surface area contributed by atoms with Gasteiger partial charge in [0.05, 0.1) is 12.5 Å². The van der Waals surface area contributed by atoms with E-state index in [0.29, 0.717) is 6.54 Å². The predicted octanol–water partition coefficient (Wildman–Crippen LogP) is -0.350. The van der Waals surface area contributed by atoms with Gasteiger partial charge in [-0.3, -0.25) is 4.79 Å². The maximum Gasteiger partial charge on any atom is 0.326 e. The number of nitrogens with zero attached hydrogens (tertiary/aromatic N) is 2. The number of carbonyl (C=O) groups is 3. The normalized spacial score (nSPS) is 11.2. The van der Waals surface area contributed by atoms with Gasteiger partial charge < -0.3 is 21.1 Å². The van der Waals surface area contributed by atoms with Gasteiger partial charge in [0.25, 0.3) is 0 Å². The van der Waals surface area contributed by atoms with E-state index in [4.69, 9.17) is 16.1 Å². The van der Waals surface area contributed by atoms with Crippen LogP contribution in [0.3, 0.4) is 0 Å². The second-order valence-corrected chi connectivity index (χ2v) is 3.83. The van der Waals surface area contributed by atoms with E-state index in [9.17, 15) is 14.4 Å². The molecule has 0 aliphatic heterocycles. The Labute approximate surface area is 111 Å². The maximum absolute atomic E-state index is 11.8. The van der Waals surface area contributed by atoms with Gasteiger partial charge in [-0.25, -0.2) is 9.59 Å². The van der Waals surface area contributed by atoms with Crippen LogP contribution in [0.25, 0.3) is 0 Å². The van der Waals surface area contributed by atoms with Crippen LogP contribution in [-0.4, -0.2) is 47.0 Å². The summed E-state index contributed by atoms with van der Waals surface area (Å²) in [5, 5.41) is 19.7. The zero-order valence-corrected chi connectivity index (χ0v) is 10.8. The topological polar surface area (TPSA) is 137 Å². The van der Waals surface area contributed by atoms with Crippen LogP contribution in [0.5, 0.6) is 0 Å². The fourth-order valence-corrected chi connectivity index (χ4v) is 1.37. The Bertz CT molecular complexity index is 377. The number of nitriles is 1. The SMILES string of the molecule is CCN(CCC#N)C(=O)N[C@@H](CCC(N)=O)C(=O)O. The third kappa shape index (κ3) is 6.88. The van der Waals surface area contributed by atoms with Crippen molar-refractivity contribution in [1.29, 1.82) is 5.26 Å². The summed E-state index contributed by atoms with van der Waals surface area (Å²) in [6.07, 6.45) is -0.0198. The van der Waals surface area contributed by atoms with E-state index in [1.165, 1.54) is 4.90 Å². The molecule has 0 bridgehead atoms. The highest BCUT2D eigenvalue weighted by Crippen LogP contribution is 2.00. The van der Waals surface area contributed by atoms with Gasteiger partial charge in [0.1, 0.15) is 6.04 Å². The monoisotopic (exact) mass is 270 g/mol. The molecule has 0 rings (SSSR count). The summed E-state index contributed by atoms with van der Waals surface area (Å²) in [7, 11) is 0. The molecule has 4 N–H and O–H groups in total. The molecule has 0 radical (unpaired) electrons. The molecular weight excluding hydrogens is 252 g/mol. The summed E-state index contributed by atoms with van der Waals surface area (Å²) in [5.41, 5.74) is 4.93. The lowest BCUT2D eigenvalue weighted by atomic mass is 10.1. The molecule has 0 saturated heterocycles. The molecule has 0 spiro atoms. The standard InChI is InChI=1S/C11H18N4O4/c1-2-15(7-3-6-12)11(19)14-8(10(17)18)4-5-9(13)16/h8H,2-5,7H2,1H3,(H2,13,16)(H,14,19)(H,17,18)/t8-/m0/s1. The number of nitrogens with two attached hydrogens (primary N) is 1. The van der Waals surface area contributed by atoms with Gasteiger partial charge in [-0.2, -0.15) is 5.26 Å². The molecule has 3 amide bonds. The van der Waals surface area contributed by atoms with Gasteiger partial charge in [0.15, 0.2) is 0 Å². The van der Waals surface area contributed by atoms with Crippen molar-refractivity contribution in [1.82, 2.24) is 10.2 Å². The Hall–Kier alpha value is -2.30. The average molecular weight is 270 g/mol. The Kier molecular flexibility index (Phi) is 7.68. The van der Waals surface area contributed by atoms with E-state index in [1.54, 1.807) is 6.92 Å². The van der Waals surface area contributed by atoms with Crippen LogP contribution in [0.1, 0.15) is 26.2 Å². The molecule has 8 nitrogen and oxygen atoms in total. The Morgan fingerprint density at radius 1 is 1.47 bits per heavy atom. The van der Waals surface area contributed by atoms with Crippen LogP contribution < -0.4 is 11.1 Å². The smallest absolute Gasteiger partial charge is 0.326 e. The quantitative estimate of drug-likeness (QED) is 0.553. The molecule has 0 aromatic heterocycles. The molecule has 1 atom stereocenters. The lowest BCUT2D eigenvalue weighted by molar-refractivity contribution is -0.139. The minimum Gasteiger partial charge on any atom is -0.480 e. The van der Waals surface area contributed by atoms with E-state index >= 15 is 0 Å². The van der Waals surface area contributed by atoms with Crippen molar-refractivity contribution >= 4 is 17.9 Å². The van der Waals surface area contributed by atoms with Crippen LogP contribution in [0, 0.1) is 11.3 Å². The van der Waals surface area contributed by atoms with Crippen LogP contribution >= 0.6 is 0 Å². The van der Waals surface area contributed by atoms with Crippen LogP contribution in [0.4, 0.5) is 4.79 Å². The lowest BCUT2D eigenvalue weighted by Gasteiger charge is -2.22. The van der Waals surface area contributed by atoms with Crippen LogP contribution in [0.15, 0.2) is 0 Å². The number of carboxylic acids is 1. The van der Waals surface area contributed by atoms with E-state index in [1.807, 2.05) is 6.07 Å². The number of carbonyl (C=O) groups excluding carboxylic acids is 2. The largest absolute Gasteiger partial charge is 0.480 e.